The lowest BCUT2D eigenvalue weighted by atomic mass is 9.71. The predicted octanol–water partition coefficient (Wildman–Crippen LogP) is 2.55. The molecule has 5 nitrogen and oxygen atoms in total. The second kappa shape index (κ2) is 5.31. The van der Waals surface area contributed by atoms with Crippen molar-refractivity contribution in [2.24, 2.45) is 5.41 Å². The van der Waals surface area contributed by atoms with E-state index in [1.165, 1.54) is 17.0 Å². The van der Waals surface area contributed by atoms with Gasteiger partial charge in [0, 0.05) is 28.9 Å². The fraction of sp³-hybridized carbons (Fsp3) is 0.647. The van der Waals surface area contributed by atoms with Crippen LogP contribution in [0.5, 0.6) is 0 Å². The van der Waals surface area contributed by atoms with Crippen LogP contribution in [0.2, 0.25) is 0 Å². The molecule has 2 fully saturated rings. The summed E-state index contributed by atoms with van der Waals surface area (Å²) in [6.07, 6.45) is 6.28. The first kappa shape index (κ1) is 15.1. The molecule has 2 aromatic heterocycles. The van der Waals surface area contributed by atoms with E-state index < -0.39 is 0 Å². The minimum atomic E-state index is -0.216. The molecule has 2 aromatic rings. The maximum atomic E-state index is 12.9. The molecule has 1 amide bonds. The van der Waals surface area contributed by atoms with Crippen molar-refractivity contribution in [2.75, 3.05) is 0 Å². The van der Waals surface area contributed by atoms with Gasteiger partial charge in [0.15, 0.2) is 4.96 Å². The van der Waals surface area contributed by atoms with E-state index in [9.17, 15) is 4.79 Å². The summed E-state index contributed by atoms with van der Waals surface area (Å²) < 4.78 is 2.12. The number of rotatable bonds is 4. The van der Waals surface area contributed by atoms with Gasteiger partial charge in [-0.1, -0.05) is 6.92 Å². The van der Waals surface area contributed by atoms with Crippen molar-refractivity contribution in [2.45, 2.75) is 65.1 Å². The maximum absolute atomic E-state index is 12.9. The minimum absolute atomic E-state index is 0.198. The lowest BCUT2D eigenvalue weighted by Gasteiger charge is -2.34. The van der Waals surface area contributed by atoms with Gasteiger partial charge in [0.05, 0.1) is 17.7 Å². The SMILES string of the molecule is CC[C@@]1(C(=O)NCc2cn3c(C)c(C)sc3n2)C[C@@H]2CC[C@H]1N2. The van der Waals surface area contributed by atoms with Crippen LogP contribution in [0.25, 0.3) is 4.96 Å². The van der Waals surface area contributed by atoms with Crippen LogP contribution in [0.15, 0.2) is 6.20 Å². The van der Waals surface area contributed by atoms with E-state index in [-0.39, 0.29) is 11.3 Å². The Bertz CT molecular complexity index is 764. The van der Waals surface area contributed by atoms with Crippen LogP contribution < -0.4 is 10.6 Å². The van der Waals surface area contributed by atoms with Gasteiger partial charge in [0.2, 0.25) is 5.91 Å². The number of nitrogens with one attached hydrogen (secondary N) is 2. The van der Waals surface area contributed by atoms with Crippen LogP contribution in [0.1, 0.15) is 48.9 Å². The van der Waals surface area contributed by atoms with E-state index >= 15 is 0 Å². The van der Waals surface area contributed by atoms with Crippen LogP contribution >= 0.6 is 11.3 Å². The highest BCUT2D eigenvalue weighted by Crippen LogP contribution is 2.45. The number of carbonyl (C=O) groups excluding carboxylic acids is 1. The Balaban J connectivity index is 1.48. The number of aromatic nitrogens is 2. The zero-order valence-electron chi connectivity index (χ0n) is 14.0. The number of carbonyl (C=O) groups is 1. The number of aryl methyl sites for hydroxylation is 2. The molecule has 0 aromatic carbocycles. The lowest BCUT2D eigenvalue weighted by Crippen LogP contribution is -2.47. The van der Waals surface area contributed by atoms with Crippen LogP contribution in [-0.4, -0.2) is 27.4 Å². The average Bonchev–Trinajstić information content (AvgIpc) is 3.28. The van der Waals surface area contributed by atoms with Crippen molar-refractivity contribution in [1.82, 2.24) is 20.0 Å². The number of fused-ring (bicyclic) bond motifs is 3. The minimum Gasteiger partial charge on any atom is -0.350 e. The van der Waals surface area contributed by atoms with Gasteiger partial charge >= 0.3 is 0 Å². The molecule has 3 atom stereocenters. The summed E-state index contributed by atoms with van der Waals surface area (Å²) in [7, 11) is 0. The number of thiazole rings is 1. The topological polar surface area (TPSA) is 58.4 Å². The van der Waals surface area contributed by atoms with Gasteiger partial charge in [-0.25, -0.2) is 4.98 Å². The third kappa shape index (κ3) is 2.22. The highest BCUT2D eigenvalue weighted by atomic mass is 32.1. The first-order valence-electron chi connectivity index (χ1n) is 8.52. The molecule has 2 aliphatic heterocycles. The Morgan fingerprint density at radius 2 is 2.35 bits per heavy atom. The summed E-state index contributed by atoms with van der Waals surface area (Å²) in [6.45, 7) is 6.88. The Labute approximate surface area is 140 Å². The fourth-order valence-corrected chi connectivity index (χ4v) is 5.31. The molecule has 124 valence electrons. The summed E-state index contributed by atoms with van der Waals surface area (Å²) in [4.78, 5) is 19.8. The van der Waals surface area contributed by atoms with Gasteiger partial charge in [0.1, 0.15) is 0 Å². The molecule has 2 N–H and O–H groups in total. The monoisotopic (exact) mass is 332 g/mol. The van der Waals surface area contributed by atoms with Gasteiger partial charge in [-0.15, -0.1) is 11.3 Å². The van der Waals surface area contributed by atoms with Crippen molar-refractivity contribution < 1.29 is 4.79 Å². The second-order valence-corrected chi connectivity index (χ2v) is 8.20. The predicted molar refractivity (Wildman–Crippen MR) is 91.7 cm³/mol. The van der Waals surface area contributed by atoms with E-state index in [1.54, 1.807) is 11.3 Å². The molecule has 6 heteroatoms. The van der Waals surface area contributed by atoms with E-state index in [2.05, 4.69) is 40.8 Å². The van der Waals surface area contributed by atoms with E-state index in [1.807, 2.05) is 6.20 Å². The number of amides is 1. The van der Waals surface area contributed by atoms with Crippen LogP contribution in [0, 0.1) is 19.3 Å². The van der Waals surface area contributed by atoms with Gasteiger partial charge in [-0.05, 0) is 39.5 Å². The average molecular weight is 332 g/mol. The molecule has 2 bridgehead atoms. The molecule has 4 heterocycles. The van der Waals surface area contributed by atoms with Gasteiger partial charge < -0.3 is 10.6 Å². The maximum Gasteiger partial charge on any atom is 0.228 e. The lowest BCUT2D eigenvalue weighted by molar-refractivity contribution is -0.132. The molecule has 2 saturated heterocycles. The van der Waals surface area contributed by atoms with Crippen LogP contribution in [-0.2, 0) is 11.3 Å². The van der Waals surface area contributed by atoms with Crippen molar-refractivity contribution in [3.05, 3.63) is 22.5 Å². The summed E-state index contributed by atoms with van der Waals surface area (Å²) in [6, 6.07) is 0.891. The molecule has 2 aliphatic rings. The fourth-order valence-electron chi connectivity index (χ4n) is 4.33. The number of hydrogen-bond donors (Lipinski definition) is 2. The molecule has 0 aliphatic carbocycles. The highest BCUT2D eigenvalue weighted by Gasteiger charge is 2.54. The van der Waals surface area contributed by atoms with Gasteiger partial charge in [-0.3, -0.25) is 9.20 Å². The quantitative estimate of drug-likeness (QED) is 0.905. The van der Waals surface area contributed by atoms with E-state index in [0.717, 1.165) is 29.9 Å². The van der Waals surface area contributed by atoms with Crippen molar-refractivity contribution in [3.8, 4) is 0 Å². The zero-order chi connectivity index (χ0) is 16.2. The molecule has 0 unspecified atom stereocenters. The first-order valence-corrected chi connectivity index (χ1v) is 9.33. The van der Waals surface area contributed by atoms with Crippen molar-refractivity contribution in [3.63, 3.8) is 0 Å². The Morgan fingerprint density at radius 1 is 1.52 bits per heavy atom. The Hall–Kier alpha value is -1.40. The highest BCUT2D eigenvalue weighted by molar-refractivity contribution is 7.17. The zero-order valence-corrected chi connectivity index (χ0v) is 14.8. The smallest absolute Gasteiger partial charge is 0.228 e. The van der Waals surface area contributed by atoms with E-state index in [0.29, 0.717) is 18.6 Å². The largest absolute Gasteiger partial charge is 0.350 e. The summed E-state index contributed by atoms with van der Waals surface area (Å²) in [5.74, 6) is 0.198. The summed E-state index contributed by atoms with van der Waals surface area (Å²) >= 11 is 1.70. The number of hydrogen-bond acceptors (Lipinski definition) is 4. The first-order chi connectivity index (χ1) is 11.0. The number of imidazole rings is 1. The Morgan fingerprint density at radius 3 is 2.96 bits per heavy atom. The molecule has 0 saturated carbocycles. The van der Waals surface area contributed by atoms with Crippen LogP contribution in [0.4, 0.5) is 0 Å². The third-order valence-corrected chi connectivity index (χ3v) is 6.94. The normalized spacial score (nSPS) is 29.5. The third-order valence-electron chi connectivity index (χ3n) is 5.87. The number of nitrogens with zero attached hydrogens (tertiary/aromatic N) is 2. The molecular formula is C17H24N4OS. The van der Waals surface area contributed by atoms with Gasteiger partial charge in [0.25, 0.3) is 0 Å². The molecule has 0 spiro atoms. The van der Waals surface area contributed by atoms with Gasteiger partial charge in [-0.2, -0.15) is 0 Å². The molecule has 0 radical (unpaired) electrons. The second-order valence-electron chi connectivity index (χ2n) is 7.02. The van der Waals surface area contributed by atoms with E-state index in [4.69, 9.17) is 0 Å². The van der Waals surface area contributed by atoms with Crippen molar-refractivity contribution in [1.29, 1.82) is 0 Å². The summed E-state index contributed by atoms with van der Waals surface area (Å²) in [5, 5.41) is 6.75. The Kier molecular flexibility index (Phi) is 3.50. The molecular weight excluding hydrogens is 308 g/mol. The van der Waals surface area contributed by atoms with Crippen molar-refractivity contribution >= 4 is 22.2 Å². The molecule has 23 heavy (non-hydrogen) atoms. The molecule has 4 rings (SSSR count). The van der Waals surface area contributed by atoms with Crippen LogP contribution in [0.3, 0.4) is 0 Å². The standard InChI is InChI=1S/C17H24N4OS/c1-4-17(7-12-5-6-14(17)19-12)15(22)18-8-13-9-21-10(2)11(3)23-16(21)20-13/h9,12,14,19H,4-8H2,1-3H3,(H,18,22)/t12-,14+,17+/m0/s1. The summed E-state index contributed by atoms with van der Waals surface area (Å²) in [5.41, 5.74) is 1.96.